The molecule has 0 saturated heterocycles. The van der Waals surface area contributed by atoms with Crippen LogP contribution in [0.5, 0.6) is 0 Å². The van der Waals surface area contributed by atoms with Gasteiger partial charge in [-0.3, -0.25) is 0 Å². The van der Waals surface area contributed by atoms with E-state index in [9.17, 15) is 0 Å². The Hall–Kier alpha value is -0.790. The lowest BCUT2D eigenvalue weighted by Gasteiger charge is -2.18. The summed E-state index contributed by atoms with van der Waals surface area (Å²) in [6.45, 7) is 11.3. The average Bonchev–Trinajstić information content (AvgIpc) is 2.28. The lowest BCUT2D eigenvalue weighted by molar-refractivity contribution is 0.145. The molecule has 0 aromatic heterocycles. The lowest BCUT2D eigenvalue weighted by atomic mass is 9.94. The van der Waals surface area contributed by atoms with Crippen LogP contribution in [0, 0.1) is 13.8 Å². The van der Waals surface area contributed by atoms with Gasteiger partial charge in [-0.25, -0.2) is 0 Å². The molecule has 0 fully saturated rings. The summed E-state index contributed by atoms with van der Waals surface area (Å²) in [5.41, 5.74) is 4.95. The largest absolute Gasteiger partial charge is 0.376 e. The summed E-state index contributed by atoms with van der Waals surface area (Å²) in [6.07, 6.45) is 0. The zero-order chi connectivity index (χ0) is 12.8. The highest BCUT2D eigenvalue weighted by Crippen LogP contribution is 2.24. The molecule has 94 valence electrons. The van der Waals surface area contributed by atoms with Gasteiger partial charge < -0.3 is 4.74 Å². The summed E-state index contributed by atoms with van der Waals surface area (Å²) in [5, 5.41) is 0. The van der Waals surface area contributed by atoms with Crippen LogP contribution >= 0.6 is 11.6 Å². The maximum Gasteiger partial charge on any atom is 0.0671 e. The van der Waals surface area contributed by atoms with Crippen molar-refractivity contribution in [1.82, 2.24) is 0 Å². The first-order valence-corrected chi connectivity index (χ1v) is 6.44. The predicted octanol–water partition coefficient (Wildman–Crippen LogP) is 4.22. The normalized spacial score (nSPS) is 12.5. The molecule has 1 aromatic carbocycles. The van der Waals surface area contributed by atoms with E-state index in [1.54, 1.807) is 0 Å². The van der Waals surface area contributed by atoms with Crippen LogP contribution in [0.15, 0.2) is 30.4 Å². The van der Waals surface area contributed by atoms with Gasteiger partial charge in [0.05, 0.1) is 13.2 Å². The highest BCUT2D eigenvalue weighted by Gasteiger charge is 2.13. The van der Waals surface area contributed by atoms with Crippen molar-refractivity contribution < 1.29 is 4.74 Å². The summed E-state index contributed by atoms with van der Waals surface area (Å²) in [5.74, 6) is 0.844. The quantitative estimate of drug-likeness (QED) is 0.544. The van der Waals surface area contributed by atoms with E-state index in [-0.39, 0.29) is 5.92 Å². The number of ether oxygens (including phenoxy) is 1. The first-order valence-electron chi connectivity index (χ1n) is 5.90. The molecule has 2 heteroatoms. The Morgan fingerprint density at radius 3 is 2.71 bits per heavy atom. The Balaban J connectivity index is 2.72. The van der Waals surface area contributed by atoms with Crippen molar-refractivity contribution in [3.63, 3.8) is 0 Å². The fraction of sp³-hybridized carbons (Fsp3) is 0.467. The highest BCUT2D eigenvalue weighted by atomic mass is 35.5. The monoisotopic (exact) mass is 252 g/mol. The Labute approximate surface area is 109 Å². The molecule has 0 aliphatic heterocycles. The van der Waals surface area contributed by atoms with Crippen molar-refractivity contribution >= 4 is 11.6 Å². The van der Waals surface area contributed by atoms with Gasteiger partial charge in [0.25, 0.3) is 0 Å². The van der Waals surface area contributed by atoms with Crippen LogP contribution in [0.2, 0.25) is 0 Å². The van der Waals surface area contributed by atoms with Crippen LogP contribution in [-0.2, 0) is 4.74 Å². The van der Waals surface area contributed by atoms with E-state index in [1.165, 1.54) is 16.7 Å². The van der Waals surface area contributed by atoms with Gasteiger partial charge in [0, 0.05) is 11.8 Å². The van der Waals surface area contributed by atoms with Gasteiger partial charge in [-0.05, 0) is 37.5 Å². The van der Waals surface area contributed by atoms with Gasteiger partial charge in [0.15, 0.2) is 0 Å². The fourth-order valence-corrected chi connectivity index (χ4v) is 2.06. The molecule has 0 amide bonds. The minimum absolute atomic E-state index is 0.260. The molecular weight excluding hydrogens is 232 g/mol. The second-order valence-electron chi connectivity index (χ2n) is 4.61. The van der Waals surface area contributed by atoms with Gasteiger partial charge in [0.1, 0.15) is 0 Å². The fourth-order valence-electron chi connectivity index (χ4n) is 1.81. The van der Waals surface area contributed by atoms with E-state index in [0.717, 1.165) is 5.57 Å². The molecule has 0 spiro atoms. The third-order valence-corrected chi connectivity index (χ3v) is 3.31. The first-order chi connectivity index (χ1) is 8.06. The molecule has 0 heterocycles. The first kappa shape index (κ1) is 14.3. The molecule has 1 atom stereocenters. The zero-order valence-corrected chi connectivity index (χ0v) is 11.7. The Kier molecular flexibility index (Phi) is 5.73. The summed E-state index contributed by atoms with van der Waals surface area (Å²) in [4.78, 5) is 0. The van der Waals surface area contributed by atoms with Crippen LogP contribution in [0.25, 0.3) is 0 Å². The summed E-state index contributed by atoms with van der Waals surface area (Å²) < 4.78 is 5.61. The van der Waals surface area contributed by atoms with Crippen molar-refractivity contribution in [2.24, 2.45) is 0 Å². The van der Waals surface area contributed by atoms with E-state index in [0.29, 0.717) is 19.1 Å². The smallest absolute Gasteiger partial charge is 0.0671 e. The maximum absolute atomic E-state index is 6.04. The van der Waals surface area contributed by atoms with Gasteiger partial charge in [-0.15, -0.1) is 11.6 Å². The molecule has 1 rings (SSSR count). The van der Waals surface area contributed by atoms with Crippen molar-refractivity contribution in [2.45, 2.75) is 26.7 Å². The van der Waals surface area contributed by atoms with Crippen LogP contribution < -0.4 is 0 Å². The maximum atomic E-state index is 6.04. The van der Waals surface area contributed by atoms with Crippen LogP contribution in [0.1, 0.15) is 29.5 Å². The van der Waals surface area contributed by atoms with Crippen LogP contribution in [0.3, 0.4) is 0 Å². The van der Waals surface area contributed by atoms with Gasteiger partial charge in [-0.1, -0.05) is 30.4 Å². The molecule has 1 nitrogen and oxygen atoms in total. The lowest BCUT2D eigenvalue weighted by Crippen LogP contribution is -2.12. The van der Waals surface area contributed by atoms with E-state index >= 15 is 0 Å². The standard InChI is InChI=1S/C15H21ClO/c1-11(2)9-17-10-14(8-16)15-7-5-6-12(3)13(15)4/h5-7,14H,1,8-10H2,2-4H3. The molecule has 0 N–H and O–H groups in total. The van der Waals surface area contributed by atoms with E-state index < -0.39 is 0 Å². The van der Waals surface area contributed by atoms with Crippen LogP contribution in [-0.4, -0.2) is 19.1 Å². The van der Waals surface area contributed by atoms with Crippen molar-refractivity contribution in [3.05, 3.63) is 47.0 Å². The van der Waals surface area contributed by atoms with Gasteiger partial charge >= 0.3 is 0 Å². The number of alkyl halides is 1. The molecule has 1 aromatic rings. The second kappa shape index (κ2) is 6.83. The third-order valence-electron chi connectivity index (χ3n) is 2.94. The van der Waals surface area contributed by atoms with Crippen molar-refractivity contribution in [3.8, 4) is 0 Å². The molecule has 0 aliphatic rings. The van der Waals surface area contributed by atoms with E-state index in [4.69, 9.17) is 16.3 Å². The van der Waals surface area contributed by atoms with Gasteiger partial charge in [-0.2, -0.15) is 0 Å². The minimum atomic E-state index is 0.260. The van der Waals surface area contributed by atoms with E-state index in [1.807, 2.05) is 6.92 Å². The van der Waals surface area contributed by atoms with Crippen molar-refractivity contribution in [2.75, 3.05) is 19.1 Å². The third kappa shape index (κ3) is 4.18. The topological polar surface area (TPSA) is 9.23 Å². The number of hydrogen-bond donors (Lipinski definition) is 0. The SMILES string of the molecule is C=C(C)COCC(CCl)c1cccc(C)c1C. The van der Waals surface area contributed by atoms with Gasteiger partial charge in [0.2, 0.25) is 0 Å². The molecular formula is C15H21ClO. The Morgan fingerprint density at radius 1 is 1.41 bits per heavy atom. The average molecular weight is 253 g/mol. The molecule has 17 heavy (non-hydrogen) atoms. The minimum Gasteiger partial charge on any atom is -0.376 e. The molecule has 0 aliphatic carbocycles. The van der Waals surface area contributed by atoms with Crippen LogP contribution in [0.4, 0.5) is 0 Å². The summed E-state index contributed by atoms with van der Waals surface area (Å²) in [7, 11) is 0. The Bertz CT molecular complexity index is 385. The molecule has 0 radical (unpaired) electrons. The molecule has 0 bridgehead atoms. The predicted molar refractivity (Wildman–Crippen MR) is 75.0 cm³/mol. The number of rotatable bonds is 6. The summed E-state index contributed by atoms with van der Waals surface area (Å²) >= 11 is 6.04. The number of benzene rings is 1. The Morgan fingerprint density at radius 2 is 2.12 bits per heavy atom. The zero-order valence-electron chi connectivity index (χ0n) is 10.9. The molecule has 1 unspecified atom stereocenters. The highest BCUT2D eigenvalue weighted by molar-refractivity contribution is 6.18. The van der Waals surface area contributed by atoms with E-state index in [2.05, 4.69) is 38.6 Å². The number of hydrogen-bond acceptors (Lipinski definition) is 1. The number of halogens is 1. The molecule has 0 saturated carbocycles. The second-order valence-corrected chi connectivity index (χ2v) is 4.92. The number of aryl methyl sites for hydroxylation is 1. The van der Waals surface area contributed by atoms with Crippen molar-refractivity contribution in [1.29, 1.82) is 0 Å². The summed E-state index contributed by atoms with van der Waals surface area (Å²) in [6, 6.07) is 6.34.